The predicted molar refractivity (Wildman–Crippen MR) is 91.8 cm³/mol. The van der Waals surface area contributed by atoms with Gasteiger partial charge in [-0.1, -0.05) is 36.8 Å². The van der Waals surface area contributed by atoms with E-state index >= 15 is 0 Å². The van der Waals surface area contributed by atoms with Crippen LogP contribution in [0, 0.1) is 0 Å². The quantitative estimate of drug-likeness (QED) is 0.676. The fourth-order valence-electron chi connectivity index (χ4n) is 4.04. The minimum Gasteiger partial charge on any atom is -0.465 e. The molecule has 2 aliphatic carbocycles. The van der Waals surface area contributed by atoms with Crippen LogP contribution in [0.5, 0.6) is 0 Å². The zero-order valence-corrected chi connectivity index (χ0v) is 14.2. The summed E-state index contributed by atoms with van der Waals surface area (Å²) in [5, 5.41) is 0. The Kier molecular flexibility index (Phi) is 3.72. The number of carbonyl (C=O) groups excluding carboxylic acids is 1. The number of allylic oxidation sites excluding steroid dienone is 1. The van der Waals surface area contributed by atoms with Crippen LogP contribution in [0.3, 0.4) is 0 Å². The lowest BCUT2D eigenvalue weighted by Crippen LogP contribution is -2.30. The lowest BCUT2D eigenvalue weighted by molar-refractivity contribution is -0.137. The van der Waals surface area contributed by atoms with Gasteiger partial charge < -0.3 is 4.74 Å². The Bertz CT molecular complexity index is 921. The van der Waals surface area contributed by atoms with Crippen LogP contribution in [0.25, 0.3) is 5.57 Å². The molecule has 1 fully saturated rings. The Morgan fingerprint density at radius 1 is 1.08 bits per heavy atom. The Labute approximate surface area is 149 Å². The third-order valence-electron chi connectivity index (χ3n) is 5.46. The number of benzene rings is 2. The van der Waals surface area contributed by atoms with E-state index in [9.17, 15) is 18.0 Å². The van der Waals surface area contributed by atoms with Gasteiger partial charge in [-0.15, -0.1) is 0 Å². The van der Waals surface area contributed by atoms with Crippen LogP contribution in [-0.4, -0.2) is 13.1 Å². The Morgan fingerprint density at radius 2 is 1.81 bits per heavy atom. The Morgan fingerprint density at radius 3 is 2.42 bits per heavy atom. The second-order valence-electron chi connectivity index (χ2n) is 6.86. The summed E-state index contributed by atoms with van der Waals surface area (Å²) in [4.78, 5) is 11.9. The molecule has 0 radical (unpaired) electrons. The number of hydrogen-bond donors (Lipinski definition) is 0. The van der Waals surface area contributed by atoms with E-state index in [1.807, 2.05) is 12.1 Å². The van der Waals surface area contributed by atoms with Crippen molar-refractivity contribution in [3.05, 3.63) is 76.4 Å². The van der Waals surface area contributed by atoms with E-state index in [0.717, 1.165) is 30.9 Å². The van der Waals surface area contributed by atoms with Gasteiger partial charge >= 0.3 is 12.1 Å². The summed E-state index contributed by atoms with van der Waals surface area (Å²) in [5.74, 6) is -0.495. The normalized spacial score (nSPS) is 17.5. The maximum atomic E-state index is 13.5. The maximum absolute atomic E-state index is 13.5. The molecule has 0 aliphatic heterocycles. The lowest BCUT2D eigenvalue weighted by Gasteiger charge is -2.38. The molecule has 2 aromatic rings. The highest BCUT2D eigenvalue weighted by Gasteiger charge is 2.44. The zero-order valence-electron chi connectivity index (χ0n) is 14.2. The standard InChI is InChI=1S/C21H17F3O2/c1-26-19(25)13-7-8-17-15(11-13)16(12-20(17)9-4-10-20)14-5-2-3-6-18(14)21(22,23)24/h2-3,5-8,11-12H,4,9-10H2,1H3. The van der Waals surface area contributed by atoms with E-state index in [-0.39, 0.29) is 11.0 Å². The summed E-state index contributed by atoms with van der Waals surface area (Å²) in [6.45, 7) is 0. The van der Waals surface area contributed by atoms with Crippen LogP contribution in [0.1, 0.15) is 51.9 Å². The summed E-state index contributed by atoms with van der Waals surface area (Å²) in [5.41, 5.74) is 1.89. The molecule has 2 aliphatic rings. The predicted octanol–water partition coefficient (Wildman–Crippen LogP) is 5.36. The molecule has 0 N–H and O–H groups in total. The van der Waals surface area contributed by atoms with Gasteiger partial charge in [0, 0.05) is 5.41 Å². The van der Waals surface area contributed by atoms with Crippen LogP contribution in [-0.2, 0) is 16.3 Å². The SMILES string of the molecule is COC(=O)c1ccc2c(c1)C(c1ccccc1C(F)(F)F)=CC21CCC1. The average Bonchev–Trinajstić information content (AvgIpc) is 2.95. The minimum absolute atomic E-state index is 0.159. The van der Waals surface area contributed by atoms with Gasteiger partial charge in [-0.2, -0.15) is 13.2 Å². The van der Waals surface area contributed by atoms with Gasteiger partial charge in [-0.25, -0.2) is 4.79 Å². The third kappa shape index (κ3) is 2.45. The van der Waals surface area contributed by atoms with Gasteiger partial charge in [0.15, 0.2) is 0 Å². The first-order valence-electron chi connectivity index (χ1n) is 8.48. The van der Waals surface area contributed by atoms with E-state index in [2.05, 4.69) is 0 Å². The van der Waals surface area contributed by atoms with Crippen molar-refractivity contribution in [2.24, 2.45) is 0 Å². The van der Waals surface area contributed by atoms with Crippen LogP contribution < -0.4 is 0 Å². The summed E-state index contributed by atoms with van der Waals surface area (Å²) >= 11 is 0. The molecular formula is C21H17F3O2. The van der Waals surface area contributed by atoms with Crippen LogP contribution >= 0.6 is 0 Å². The smallest absolute Gasteiger partial charge is 0.417 e. The van der Waals surface area contributed by atoms with Crippen LogP contribution in [0.15, 0.2) is 48.5 Å². The molecule has 0 atom stereocenters. The molecule has 0 unspecified atom stereocenters. The average molecular weight is 358 g/mol. The van der Waals surface area contributed by atoms with Gasteiger partial charge in [-0.05, 0) is 53.3 Å². The molecule has 2 aromatic carbocycles. The molecule has 1 spiro atoms. The number of esters is 1. The highest BCUT2D eigenvalue weighted by atomic mass is 19.4. The van der Waals surface area contributed by atoms with Crippen molar-refractivity contribution in [1.82, 2.24) is 0 Å². The molecular weight excluding hydrogens is 341 g/mol. The summed E-state index contributed by atoms with van der Waals surface area (Å²) < 4.78 is 45.3. The number of hydrogen-bond acceptors (Lipinski definition) is 2. The van der Waals surface area contributed by atoms with E-state index in [1.165, 1.54) is 19.2 Å². The molecule has 0 bridgehead atoms. The molecule has 0 saturated heterocycles. The zero-order chi connectivity index (χ0) is 18.5. The molecule has 4 rings (SSSR count). The van der Waals surface area contributed by atoms with Crippen LogP contribution in [0.2, 0.25) is 0 Å². The molecule has 0 aromatic heterocycles. The lowest BCUT2D eigenvalue weighted by atomic mass is 9.66. The molecule has 26 heavy (non-hydrogen) atoms. The second-order valence-corrected chi connectivity index (χ2v) is 6.86. The largest absolute Gasteiger partial charge is 0.465 e. The highest BCUT2D eigenvalue weighted by molar-refractivity contribution is 5.94. The summed E-state index contributed by atoms with van der Waals surface area (Å²) in [6.07, 6.45) is 0.396. The van der Waals surface area contributed by atoms with E-state index < -0.39 is 17.7 Å². The molecule has 0 heterocycles. The van der Waals surface area contributed by atoms with Gasteiger partial charge in [0.05, 0.1) is 18.2 Å². The van der Waals surface area contributed by atoms with Crippen molar-refractivity contribution < 1.29 is 22.7 Å². The molecule has 1 saturated carbocycles. The Balaban J connectivity index is 1.92. The first kappa shape index (κ1) is 16.9. The van der Waals surface area contributed by atoms with Gasteiger partial charge in [0.2, 0.25) is 0 Å². The first-order chi connectivity index (χ1) is 12.4. The van der Waals surface area contributed by atoms with Gasteiger partial charge in [-0.3, -0.25) is 0 Å². The minimum atomic E-state index is -4.44. The van der Waals surface area contributed by atoms with Crippen molar-refractivity contribution in [3.63, 3.8) is 0 Å². The van der Waals surface area contributed by atoms with Crippen LogP contribution in [0.4, 0.5) is 13.2 Å². The summed E-state index contributed by atoms with van der Waals surface area (Å²) in [6, 6.07) is 10.8. The van der Waals surface area contributed by atoms with Gasteiger partial charge in [0.25, 0.3) is 0 Å². The van der Waals surface area contributed by atoms with Gasteiger partial charge in [0.1, 0.15) is 0 Å². The van der Waals surface area contributed by atoms with E-state index in [1.54, 1.807) is 18.2 Å². The van der Waals surface area contributed by atoms with Crippen molar-refractivity contribution in [1.29, 1.82) is 0 Å². The topological polar surface area (TPSA) is 26.3 Å². The van der Waals surface area contributed by atoms with Crippen molar-refractivity contribution >= 4 is 11.5 Å². The number of fused-ring (bicyclic) bond motifs is 2. The molecule has 134 valence electrons. The number of halogens is 3. The fourth-order valence-corrected chi connectivity index (χ4v) is 4.04. The fraction of sp³-hybridized carbons (Fsp3) is 0.286. The first-order valence-corrected chi connectivity index (χ1v) is 8.48. The maximum Gasteiger partial charge on any atom is 0.417 e. The molecule has 2 nitrogen and oxygen atoms in total. The molecule has 0 amide bonds. The van der Waals surface area contributed by atoms with E-state index in [4.69, 9.17) is 4.74 Å². The number of rotatable bonds is 2. The number of carbonyl (C=O) groups is 1. The van der Waals surface area contributed by atoms with Crippen molar-refractivity contribution in [3.8, 4) is 0 Å². The Hall–Kier alpha value is -2.56. The highest BCUT2D eigenvalue weighted by Crippen LogP contribution is 2.55. The van der Waals surface area contributed by atoms with Crippen molar-refractivity contribution in [2.75, 3.05) is 7.11 Å². The molecule has 5 heteroatoms. The number of methoxy groups -OCH3 is 1. The number of ether oxygens (including phenoxy) is 1. The van der Waals surface area contributed by atoms with Crippen molar-refractivity contribution in [2.45, 2.75) is 30.9 Å². The number of alkyl halides is 3. The summed E-state index contributed by atoms with van der Waals surface area (Å²) in [7, 11) is 1.29. The van der Waals surface area contributed by atoms with E-state index in [0.29, 0.717) is 16.7 Å². The monoisotopic (exact) mass is 358 g/mol. The second kappa shape index (κ2) is 5.73. The third-order valence-corrected chi connectivity index (χ3v) is 5.46.